The van der Waals surface area contributed by atoms with Gasteiger partial charge in [-0.15, -0.1) is 10.2 Å². The Bertz CT molecular complexity index is 643. The lowest BCUT2D eigenvalue weighted by Crippen LogP contribution is -2.42. The number of benzene rings is 1. The van der Waals surface area contributed by atoms with Gasteiger partial charge >= 0.3 is 0 Å². The number of ketones is 1. The van der Waals surface area contributed by atoms with Crippen molar-refractivity contribution in [3.8, 4) is 0 Å². The van der Waals surface area contributed by atoms with E-state index in [-0.39, 0.29) is 17.4 Å². The Hall–Kier alpha value is -1.73. The summed E-state index contributed by atoms with van der Waals surface area (Å²) in [6.45, 7) is 3.36. The standard InChI is InChI=1S/C15H17N3O2S2/c1-10(19)13(8-12-6-4-3-5-7-12)16-14(20)9-21-15-18-17-11(2)22-15/h3-7,13H,8-9H2,1-2H3,(H,16,20). The van der Waals surface area contributed by atoms with Gasteiger partial charge < -0.3 is 5.32 Å². The second kappa shape index (κ2) is 8.05. The van der Waals surface area contributed by atoms with Crippen LogP contribution in [0.5, 0.6) is 0 Å². The van der Waals surface area contributed by atoms with Crippen LogP contribution in [0.15, 0.2) is 34.7 Å². The Kier molecular flexibility index (Phi) is 6.09. The van der Waals surface area contributed by atoms with Crippen molar-refractivity contribution in [1.29, 1.82) is 0 Å². The van der Waals surface area contributed by atoms with E-state index in [1.54, 1.807) is 0 Å². The first-order valence-electron chi connectivity index (χ1n) is 6.81. The van der Waals surface area contributed by atoms with Crippen LogP contribution in [0.1, 0.15) is 17.5 Å². The number of carbonyl (C=O) groups is 2. The van der Waals surface area contributed by atoms with Crippen LogP contribution in [0.3, 0.4) is 0 Å². The van der Waals surface area contributed by atoms with Crippen LogP contribution in [0, 0.1) is 6.92 Å². The molecule has 0 saturated carbocycles. The van der Waals surface area contributed by atoms with Gasteiger partial charge in [0.05, 0.1) is 11.8 Å². The topological polar surface area (TPSA) is 72.0 Å². The summed E-state index contributed by atoms with van der Waals surface area (Å²) in [6.07, 6.45) is 0.504. The number of amides is 1. The van der Waals surface area contributed by atoms with E-state index in [1.807, 2.05) is 37.3 Å². The fourth-order valence-corrected chi connectivity index (χ4v) is 3.47. The number of carbonyl (C=O) groups excluding carboxylic acids is 2. The average Bonchev–Trinajstić information content (AvgIpc) is 2.91. The molecule has 5 nitrogen and oxygen atoms in total. The molecule has 1 atom stereocenters. The third-order valence-corrected chi connectivity index (χ3v) is 4.91. The zero-order chi connectivity index (χ0) is 15.9. The number of Topliss-reactive ketones (excluding diaryl/α,β-unsaturated/α-hetero) is 1. The Morgan fingerprint density at radius 1 is 1.27 bits per heavy atom. The number of aryl methyl sites for hydroxylation is 1. The molecular formula is C15H17N3O2S2. The first-order chi connectivity index (χ1) is 10.5. The number of nitrogens with zero attached hydrogens (tertiary/aromatic N) is 2. The average molecular weight is 335 g/mol. The van der Waals surface area contributed by atoms with Gasteiger partial charge in [0.2, 0.25) is 5.91 Å². The summed E-state index contributed by atoms with van der Waals surface area (Å²) in [6, 6.07) is 9.16. The molecule has 1 aromatic carbocycles. The third-order valence-electron chi connectivity index (χ3n) is 2.94. The Balaban J connectivity index is 1.87. The van der Waals surface area contributed by atoms with Gasteiger partial charge in [-0.1, -0.05) is 53.4 Å². The highest BCUT2D eigenvalue weighted by molar-refractivity contribution is 8.01. The largest absolute Gasteiger partial charge is 0.345 e. The molecule has 1 aromatic heterocycles. The van der Waals surface area contributed by atoms with E-state index in [0.29, 0.717) is 6.42 Å². The normalized spacial score (nSPS) is 11.9. The molecule has 116 valence electrons. The van der Waals surface area contributed by atoms with E-state index in [1.165, 1.54) is 30.0 Å². The summed E-state index contributed by atoms with van der Waals surface area (Å²) in [4.78, 5) is 23.7. The second-order valence-electron chi connectivity index (χ2n) is 4.80. The van der Waals surface area contributed by atoms with Crippen molar-refractivity contribution in [2.24, 2.45) is 0 Å². The monoisotopic (exact) mass is 335 g/mol. The molecule has 0 radical (unpaired) electrons. The van der Waals surface area contributed by atoms with Crippen molar-refractivity contribution in [2.75, 3.05) is 5.75 Å². The van der Waals surface area contributed by atoms with Crippen molar-refractivity contribution >= 4 is 34.8 Å². The maximum absolute atomic E-state index is 12.0. The Labute approximate surface area is 137 Å². The van der Waals surface area contributed by atoms with Crippen LogP contribution >= 0.6 is 23.1 Å². The minimum atomic E-state index is -0.494. The lowest BCUT2D eigenvalue weighted by molar-refractivity contribution is -0.125. The maximum Gasteiger partial charge on any atom is 0.231 e. The number of hydrogen-bond donors (Lipinski definition) is 1. The fourth-order valence-electron chi connectivity index (χ4n) is 1.85. The molecular weight excluding hydrogens is 318 g/mol. The lowest BCUT2D eigenvalue weighted by atomic mass is 10.0. The molecule has 1 unspecified atom stereocenters. The molecule has 0 bridgehead atoms. The smallest absolute Gasteiger partial charge is 0.231 e. The van der Waals surface area contributed by atoms with Gasteiger partial charge in [-0.05, 0) is 25.8 Å². The first-order valence-corrected chi connectivity index (χ1v) is 8.61. The SMILES string of the molecule is CC(=O)C(Cc1ccccc1)NC(=O)CSc1nnc(C)s1. The number of aromatic nitrogens is 2. The number of thioether (sulfide) groups is 1. The van der Waals surface area contributed by atoms with E-state index in [0.717, 1.165) is 14.9 Å². The number of hydrogen-bond acceptors (Lipinski definition) is 6. The van der Waals surface area contributed by atoms with Crippen molar-refractivity contribution < 1.29 is 9.59 Å². The molecule has 0 aliphatic carbocycles. The van der Waals surface area contributed by atoms with Crippen molar-refractivity contribution in [3.63, 3.8) is 0 Å². The summed E-state index contributed by atoms with van der Waals surface area (Å²) < 4.78 is 0.759. The Morgan fingerprint density at radius 2 is 2.00 bits per heavy atom. The van der Waals surface area contributed by atoms with Crippen LogP contribution in [0.2, 0.25) is 0 Å². The Morgan fingerprint density at radius 3 is 2.59 bits per heavy atom. The maximum atomic E-state index is 12.0. The summed E-state index contributed by atoms with van der Waals surface area (Å²) in [5, 5.41) is 11.5. The first kappa shape index (κ1) is 16.6. The van der Waals surface area contributed by atoms with E-state index in [9.17, 15) is 9.59 Å². The predicted octanol–water partition coefficient (Wildman–Crippen LogP) is 2.26. The van der Waals surface area contributed by atoms with Crippen LogP contribution < -0.4 is 5.32 Å². The van der Waals surface area contributed by atoms with Gasteiger partial charge in [-0.3, -0.25) is 9.59 Å². The van der Waals surface area contributed by atoms with Crippen LogP contribution in [-0.2, 0) is 16.0 Å². The van der Waals surface area contributed by atoms with Gasteiger partial charge in [0.1, 0.15) is 5.01 Å². The molecule has 0 aliphatic rings. The molecule has 0 saturated heterocycles. The number of nitrogens with one attached hydrogen (secondary N) is 1. The van der Waals surface area contributed by atoms with Crippen molar-refractivity contribution in [2.45, 2.75) is 30.6 Å². The molecule has 0 spiro atoms. The molecule has 2 aromatic rings. The highest BCUT2D eigenvalue weighted by atomic mass is 32.2. The van der Waals surface area contributed by atoms with Gasteiger partial charge in [-0.25, -0.2) is 0 Å². The minimum absolute atomic E-state index is 0.0473. The predicted molar refractivity (Wildman–Crippen MR) is 88.1 cm³/mol. The molecule has 0 fully saturated rings. The molecule has 0 aliphatic heterocycles. The summed E-state index contributed by atoms with van der Waals surface area (Å²) in [5.74, 6) is 0.00987. The molecule has 22 heavy (non-hydrogen) atoms. The van der Waals surface area contributed by atoms with Gasteiger partial charge in [-0.2, -0.15) is 0 Å². The van der Waals surface area contributed by atoms with Gasteiger partial charge in [0, 0.05) is 0 Å². The summed E-state index contributed by atoms with van der Waals surface area (Å²) >= 11 is 2.78. The summed E-state index contributed by atoms with van der Waals surface area (Å²) in [7, 11) is 0. The van der Waals surface area contributed by atoms with Crippen molar-refractivity contribution in [1.82, 2.24) is 15.5 Å². The van der Waals surface area contributed by atoms with Crippen LogP contribution in [-0.4, -0.2) is 33.7 Å². The zero-order valence-corrected chi connectivity index (χ0v) is 14.0. The summed E-state index contributed by atoms with van der Waals surface area (Å²) in [5.41, 5.74) is 1.02. The highest BCUT2D eigenvalue weighted by Crippen LogP contribution is 2.21. The number of rotatable bonds is 7. The molecule has 1 heterocycles. The second-order valence-corrected chi connectivity index (χ2v) is 7.20. The molecule has 7 heteroatoms. The van der Waals surface area contributed by atoms with Gasteiger partial charge in [0.25, 0.3) is 0 Å². The highest BCUT2D eigenvalue weighted by Gasteiger charge is 2.18. The van der Waals surface area contributed by atoms with E-state index in [4.69, 9.17) is 0 Å². The van der Waals surface area contributed by atoms with E-state index >= 15 is 0 Å². The lowest BCUT2D eigenvalue weighted by Gasteiger charge is -2.15. The molecule has 1 N–H and O–H groups in total. The quantitative estimate of drug-likeness (QED) is 0.786. The van der Waals surface area contributed by atoms with E-state index < -0.39 is 6.04 Å². The third kappa shape index (κ3) is 5.23. The molecule has 2 rings (SSSR count). The van der Waals surface area contributed by atoms with Crippen LogP contribution in [0.25, 0.3) is 0 Å². The fraction of sp³-hybridized carbons (Fsp3) is 0.333. The minimum Gasteiger partial charge on any atom is -0.345 e. The van der Waals surface area contributed by atoms with Crippen molar-refractivity contribution in [3.05, 3.63) is 40.9 Å². The van der Waals surface area contributed by atoms with Crippen LogP contribution in [0.4, 0.5) is 0 Å². The zero-order valence-electron chi connectivity index (χ0n) is 12.4. The van der Waals surface area contributed by atoms with Gasteiger partial charge in [0.15, 0.2) is 10.1 Å². The van der Waals surface area contributed by atoms with E-state index in [2.05, 4.69) is 15.5 Å². The molecule has 1 amide bonds.